The SMILES string of the molecule is O=C1C2=C(C=C3CCC[C@@H]3O2)C(=O)c2c(O)cccc21. The van der Waals surface area contributed by atoms with Gasteiger partial charge in [-0.2, -0.15) is 0 Å². The van der Waals surface area contributed by atoms with Gasteiger partial charge in [0.2, 0.25) is 11.6 Å². The summed E-state index contributed by atoms with van der Waals surface area (Å²) >= 11 is 0. The fraction of sp³-hybridized carbons (Fsp3) is 0.250. The largest absolute Gasteiger partial charge is 0.507 e. The van der Waals surface area contributed by atoms with Gasteiger partial charge in [0.25, 0.3) is 0 Å². The van der Waals surface area contributed by atoms with Crippen LogP contribution in [-0.2, 0) is 4.74 Å². The number of rotatable bonds is 0. The zero-order chi connectivity index (χ0) is 13.9. The smallest absolute Gasteiger partial charge is 0.229 e. The van der Waals surface area contributed by atoms with Crippen LogP contribution in [-0.4, -0.2) is 22.8 Å². The van der Waals surface area contributed by atoms with E-state index in [9.17, 15) is 14.7 Å². The fourth-order valence-electron chi connectivity index (χ4n) is 3.16. The minimum absolute atomic E-state index is 0.0654. The maximum atomic E-state index is 12.5. The number of Topliss-reactive ketones (excluding diaryl/α,β-unsaturated/α-hetero) is 2. The van der Waals surface area contributed by atoms with Crippen molar-refractivity contribution in [2.45, 2.75) is 25.4 Å². The van der Waals surface area contributed by atoms with Crippen LogP contribution >= 0.6 is 0 Å². The predicted octanol–water partition coefficient (Wildman–Crippen LogP) is 2.53. The van der Waals surface area contributed by atoms with Crippen molar-refractivity contribution >= 4 is 11.6 Å². The molecule has 0 radical (unpaired) electrons. The van der Waals surface area contributed by atoms with E-state index < -0.39 is 0 Å². The number of benzene rings is 1. The number of hydrogen-bond donors (Lipinski definition) is 1. The molecule has 1 aromatic rings. The van der Waals surface area contributed by atoms with Crippen LogP contribution < -0.4 is 0 Å². The van der Waals surface area contributed by atoms with Gasteiger partial charge in [0.1, 0.15) is 11.9 Å². The van der Waals surface area contributed by atoms with Crippen molar-refractivity contribution in [3.63, 3.8) is 0 Å². The molecule has 1 saturated carbocycles. The van der Waals surface area contributed by atoms with Crippen LogP contribution in [0.2, 0.25) is 0 Å². The van der Waals surface area contributed by atoms with Crippen molar-refractivity contribution in [3.8, 4) is 5.75 Å². The van der Waals surface area contributed by atoms with Crippen molar-refractivity contribution in [1.29, 1.82) is 0 Å². The normalized spacial score (nSPS) is 23.8. The van der Waals surface area contributed by atoms with E-state index >= 15 is 0 Å². The Morgan fingerprint density at radius 2 is 2.05 bits per heavy atom. The van der Waals surface area contributed by atoms with Crippen LogP contribution in [0.4, 0.5) is 0 Å². The van der Waals surface area contributed by atoms with Gasteiger partial charge in [0.15, 0.2) is 5.76 Å². The fourth-order valence-corrected chi connectivity index (χ4v) is 3.16. The zero-order valence-electron chi connectivity index (χ0n) is 10.7. The zero-order valence-corrected chi connectivity index (χ0v) is 10.7. The number of carbonyl (C=O) groups excluding carboxylic acids is 2. The molecule has 100 valence electrons. The Balaban J connectivity index is 1.92. The molecule has 1 aromatic carbocycles. The summed E-state index contributed by atoms with van der Waals surface area (Å²) in [4.78, 5) is 25.0. The minimum Gasteiger partial charge on any atom is -0.507 e. The average molecular weight is 268 g/mol. The summed E-state index contributed by atoms with van der Waals surface area (Å²) in [6, 6.07) is 4.53. The van der Waals surface area contributed by atoms with E-state index in [0.717, 1.165) is 24.8 Å². The third-order valence-corrected chi connectivity index (χ3v) is 4.14. The molecule has 1 heterocycles. The first-order chi connectivity index (χ1) is 9.66. The molecule has 0 bridgehead atoms. The highest BCUT2D eigenvalue weighted by atomic mass is 16.5. The lowest BCUT2D eigenvalue weighted by atomic mass is 9.85. The molecule has 20 heavy (non-hydrogen) atoms. The molecule has 0 spiro atoms. The molecule has 1 atom stereocenters. The molecule has 0 amide bonds. The Morgan fingerprint density at radius 3 is 2.90 bits per heavy atom. The third-order valence-electron chi connectivity index (χ3n) is 4.14. The Hall–Kier alpha value is -2.36. The predicted molar refractivity (Wildman–Crippen MR) is 70.6 cm³/mol. The van der Waals surface area contributed by atoms with Gasteiger partial charge >= 0.3 is 0 Å². The van der Waals surface area contributed by atoms with E-state index in [1.165, 1.54) is 6.07 Å². The van der Waals surface area contributed by atoms with E-state index in [1.807, 2.05) is 0 Å². The molecule has 4 nitrogen and oxygen atoms in total. The first-order valence-corrected chi connectivity index (χ1v) is 6.69. The van der Waals surface area contributed by atoms with Gasteiger partial charge in [-0.15, -0.1) is 0 Å². The first-order valence-electron chi connectivity index (χ1n) is 6.69. The highest BCUT2D eigenvalue weighted by Crippen LogP contribution is 2.40. The molecule has 0 saturated heterocycles. The van der Waals surface area contributed by atoms with Crippen molar-refractivity contribution in [2.75, 3.05) is 0 Å². The van der Waals surface area contributed by atoms with Crippen molar-refractivity contribution in [1.82, 2.24) is 0 Å². The minimum atomic E-state index is -0.328. The Kier molecular flexibility index (Phi) is 2.19. The highest BCUT2D eigenvalue weighted by molar-refractivity contribution is 6.28. The standard InChI is InChI=1S/C16H12O4/c17-11-5-2-4-9-13(11)14(18)10-7-8-3-1-6-12(8)20-16(10)15(9)19/h2,4-5,7,12,17H,1,3,6H2/t12-/m0/s1. The number of hydrogen-bond acceptors (Lipinski definition) is 4. The lowest BCUT2D eigenvalue weighted by Gasteiger charge is -2.27. The highest BCUT2D eigenvalue weighted by Gasteiger charge is 2.40. The van der Waals surface area contributed by atoms with Crippen molar-refractivity contribution in [2.24, 2.45) is 0 Å². The molecule has 4 rings (SSSR count). The van der Waals surface area contributed by atoms with E-state index in [2.05, 4.69) is 0 Å². The monoisotopic (exact) mass is 268 g/mol. The van der Waals surface area contributed by atoms with Gasteiger partial charge in [0, 0.05) is 5.56 Å². The number of ether oxygens (including phenoxy) is 1. The summed E-state index contributed by atoms with van der Waals surface area (Å²) in [7, 11) is 0. The average Bonchev–Trinajstić information content (AvgIpc) is 2.90. The molecular weight excluding hydrogens is 256 g/mol. The molecule has 0 aromatic heterocycles. The number of aromatic hydroxyl groups is 1. The summed E-state index contributed by atoms with van der Waals surface area (Å²) in [5.41, 5.74) is 1.68. The third kappa shape index (κ3) is 1.36. The Bertz CT molecular complexity index is 724. The van der Waals surface area contributed by atoms with Gasteiger partial charge in [-0.05, 0) is 43.0 Å². The van der Waals surface area contributed by atoms with Crippen LogP contribution in [0.3, 0.4) is 0 Å². The second-order valence-electron chi connectivity index (χ2n) is 5.32. The van der Waals surface area contributed by atoms with E-state index in [0.29, 0.717) is 0 Å². The topological polar surface area (TPSA) is 63.6 Å². The number of allylic oxidation sites excluding steroid dienone is 3. The van der Waals surface area contributed by atoms with Gasteiger partial charge in [0.05, 0.1) is 11.1 Å². The van der Waals surface area contributed by atoms with Crippen LogP contribution in [0.1, 0.15) is 40.0 Å². The molecule has 0 unspecified atom stereocenters. The van der Waals surface area contributed by atoms with Crippen LogP contribution in [0.15, 0.2) is 41.2 Å². The molecule has 3 aliphatic rings. The second-order valence-corrected chi connectivity index (χ2v) is 5.32. The van der Waals surface area contributed by atoms with Crippen LogP contribution in [0, 0.1) is 0 Å². The number of phenolic OH excluding ortho intramolecular Hbond substituents is 1. The molecule has 1 N–H and O–H groups in total. The summed E-state index contributed by atoms with van der Waals surface area (Å²) in [5.74, 6) is -0.652. The van der Waals surface area contributed by atoms with Gasteiger partial charge in [-0.1, -0.05) is 6.07 Å². The van der Waals surface area contributed by atoms with E-state index in [-0.39, 0.29) is 45.9 Å². The van der Waals surface area contributed by atoms with Crippen LogP contribution in [0.5, 0.6) is 5.75 Å². The number of ketones is 2. The lowest BCUT2D eigenvalue weighted by Crippen LogP contribution is -2.28. The number of fused-ring (bicyclic) bond motifs is 2. The van der Waals surface area contributed by atoms with Gasteiger partial charge in [-0.25, -0.2) is 0 Å². The second kappa shape index (κ2) is 3.82. The summed E-state index contributed by atoms with van der Waals surface area (Å²) in [6.07, 6.45) is 4.52. The molecule has 4 heteroatoms. The van der Waals surface area contributed by atoms with Crippen LogP contribution in [0.25, 0.3) is 0 Å². The molecule has 1 fully saturated rings. The summed E-state index contributed by atoms with van der Waals surface area (Å²) in [5, 5.41) is 9.87. The van der Waals surface area contributed by atoms with Gasteiger partial charge < -0.3 is 9.84 Å². The quantitative estimate of drug-likeness (QED) is 0.785. The van der Waals surface area contributed by atoms with Gasteiger partial charge in [-0.3, -0.25) is 9.59 Å². The Labute approximate surface area is 115 Å². The first kappa shape index (κ1) is 11.5. The summed E-state index contributed by atoms with van der Waals surface area (Å²) in [6.45, 7) is 0. The van der Waals surface area contributed by atoms with Crippen molar-refractivity contribution in [3.05, 3.63) is 52.3 Å². The summed E-state index contributed by atoms with van der Waals surface area (Å²) < 4.78 is 5.75. The maximum Gasteiger partial charge on any atom is 0.229 e. The molecule has 2 aliphatic carbocycles. The number of carbonyl (C=O) groups is 2. The van der Waals surface area contributed by atoms with Crippen molar-refractivity contribution < 1.29 is 19.4 Å². The van der Waals surface area contributed by atoms with E-state index in [1.54, 1.807) is 18.2 Å². The molecular formula is C16H12O4. The Morgan fingerprint density at radius 1 is 1.20 bits per heavy atom. The number of phenols is 1. The molecule has 1 aliphatic heterocycles. The lowest BCUT2D eigenvalue weighted by molar-refractivity contribution is 0.0791. The maximum absolute atomic E-state index is 12.5. The van der Waals surface area contributed by atoms with E-state index in [4.69, 9.17) is 4.74 Å².